The molecule has 2 fully saturated rings. The molecule has 1 N–H and O–H groups in total. The fraction of sp³-hybridized carbons (Fsp3) is 0.429. The lowest BCUT2D eigenvalue weighted by molar-refractivity contribution is -0.110. The van der Waals surface area contributed by atoms with E-state index in [-0.39, 0.29) is 23.4 Å². The molecule has 1 saturated heterocycles. The van der Waals surface area contributed by atoms with Crippen LogP contribution in [0.3, 0.4) is 0 Å². The molecular weight excluding hydrogens is 331 g/mol. The molecule has 5 heteroatoms. The largest absolute Gasteiger partial charge is 0.385 e. The monoisotopic (exact) mass is 354 g/mol. The molecule has 1 unspecified atom stereocenters. The number of likely N-dealkylation sites (tertiary alicyclic amines) is 1. The van der Waals surface area contributed by atoms with Crippen molar-refractivity contribution in [2.45, 2.75) is 43.7 Å². The Balaban J connectivity index is 1.67. The number of aromatic nitrogens is 1. The molecule has 136 valence electrons. The van der Waals surface area contributed by atoms with Gasteiger partial charge in [-0.1, -0.05) is 43.2 Å². The van der Waals surface area contributed by atoms with Crippen molar-refractivity contribution in [1.29, 1.82) is 0 Å². The highest BCUT2D eigenvalue weighted by Gasteiger charge is 2.50. The number of fused-ring (bicyclic) bond motifs is 1. The second kappa shape index (κ2) is 6.80. The van der Waals surface area contributed by atoms with Gasteiger partial charge in [0.15, 0.2) is 5.82 Å². The summed E-state index contributed by atoms with van der Waals surface area (Å²) in [7, 11) is 0. The van der Waals surface area contributed by atoms with E-state index in [1.54, 1.807) is 4.90 Å². The lowest BCUT2D eigenvalue weighted by atomic mass is 9.66. The summed E-state index contributed by atoms with van der Waals surface area (Å²) in [4.78, 5) is 18.5. The number of amides is 1. The third-order valence-electron chi connectivity index (χ3n) is 6.01. The van der Waals surface area contributed by atoms with Gasteiger partial charge in [0.25, 0.3) is 5.91 Å². The van der Waals surface area contributed by atoms with Crippen LogP contribution in [0.25, 0.3) is 0 Å². The number of hydrogen-bond donors (Lipinski definition) is 1. The molecule has 0 radical (unpaired) electrons. The molecule has 1 aliphatic carbocycles. The van der Waals surface area contributed by atoms with Crippen molar-refractivity contribution in [3.8, 4) is 0 Å². The summed E-state index contributed by atoms with van der Waals surface area (Å²) in [6.07, 6.45) is 6.78. The summed E-state index contributed by atoms with van der Waals surface area (Å²) >= 11 is 0. The lowest BCUT2D eigenvalue weighted by Gasteiger charge is -2.52. The highest BCUT2D eigenvalue weighted by molar-refractivity contribution is 5.94. The highest BCUT2D eigenvalue weighted by atomic mass is 19.1. The van der Waals surface area contributed by atoms with E-state index in [2.05, 4.69) is 4.98 Å². The van der Waals surface area contributed by atoms with E-state index in [1.807, 2.05) is 30.3 Å². The number of carbonyl (C=O) groups excluding carboxylic acids is 1. The van der Waals surface area contributed by atoms with Crippen molar-refractivity contribution in [2.75, 3.05) is 6.54 Å². The van der Waals surface area contributed by atoms with Crippen molar-refractivity contribution in [3.05, 3.63) is 65.7 Å². The topological polar surface area (TPSA) is 53.4 Å². The molecule has 3 atom stereocenters. The quantitative estimate of drug-likeness (QED) is 0.898. The second-order valence-electron chi connectivity index (χ2n) is 7.35. The van der Waals surface area contributed by atoms with E-state index in [9.17, 15) is 14.3 Å². The minimum atomic E-state index is -0.931. The van der Waals surface area contributed by atoms with Crippen molar-refractivity contribution in [2.24, 2.45) is 5.92 Å². The predicted molar refractivity (Wildman–Crippen MR) is 95.9 cm³/mol. The van der Waals surface area contributed by atoms with Crippen LogP contribution >= 0.6 is 0 Å². The Hall–Kier alpha value is -2.27. The number of halogens is 1. The Morgan fingerprint density at radius 2 is 1.96 bits per heavy atom. The van der Waals surface area contributed by atoms with Crippen molar-refractivity contribution in [3.63, 3.8) is 0 Å². The van der Waals surface area contributed by atoms with Crippen LogP contribution < -0.4 is 0 Å². The fourth-order valence-corrected chi connectivity index (χ4v) is 4.72. The first-order valence-electron chi connectivity index (χ1n) is 9.29. The Kier molecular flexibility index (Phi) is 4.49. The fourth-order valence-electron chi connectivity index (χ4n) is 4.72. The molecule has 4 rings (SSSR count). The Morgan fingerprint density at radius 3 is 2.73 bits per heavy atom. The zero-order valence-corrected chi connectivity index (χ0v) is 14.6. The Morgan fingerprint density at radius 1 is 1.19 bits per heavy atom. The number of pyridine rings is 1. The summed E-state index contributed by atoms with van der Waals surface area (Å²) in [5, 5.41) is 11.5. The van der Waals surface area contributed by atoms with Gasteiger partial charge in [0.05, 0.1) is 17.4 Å². The molecule has 1 aromatic carbocycles. The van der Waals surface area contributed by atoms with Gasteiger partial charge in [0.1, 0.15) is 0 Å². The van der Waals surface area contributed by atoms with Gasteiger partial charge in [0, 0.05) is 24.7 Å². The van der Waals surface area contributed by atoms with Crippen LogP contribution in [0.2, 0.25) is 0 Å². The predicted octanol–water partition coefficient (Wildman–Crippen LogP) is 3.51. The van der Waals surface area contributed by atoms with Gasteiger partial charge in [-0.3, -0.25) is 9.78 Å². The molecule has 2 aromatic rings. The van der Waals surface area contributed by atoms with Gasteiger partial charge in [-0.05, 0) is 30.9 Å². The summed E-state index contributed by atoms with van der Waals surface area (Å²) in [5.41, 5.74) is 0.0495. The number of carbonyl (C=O) groups is 1. The molecule has 26 heavy (non-hydrogen) atoms. The Labute approximate surface area is 152 Å². The van der Waals surface area contributed by atoms with E-state index < -0.39 is 11.4 Å². The van der Waals surface area contributed by atoms with E-state index in [1.165, 1.54) is 12.3 Å². The van der Waals surface area contributed by atoms with Crippen LogP contribution in [0, 0.1) is 11.7 Å². The standard InChI is InChI=1S/C21H23FN2O2/c22-18-14-23-12-10-16(18)20(25)24-13-11-21(26,15-6-2-1-3-7-15)17-8-4-5-9-19(17)24/h1-3,6-7,10,12,14,17,19,26H,4-5,8-9,11,13H2/t17-,19+,21?/m1/s1. The van der Waals surface area contributed by atoms with Gasteiger partial charge in [-0.2, -0.15) is 0 Å². The SMILES string of the molecule is O=C(c1ccncc1F)N1CCC(O)(c2ccccc2)[C@@H]2CCCC[C@@H]21. The third kappa shape index (κ3) is 2.80. The number of hydrogen-bond acceptors (Lipinski definition) is 3. The molecule has 1 aromatic heterocycles. The van der Waals surface area contributed by atoms with Crippen LogP contribution in [-0.2, 0) is 5.60 Å². The van der Waals surface area contributed by atoms with E-state index in [0.717, 1.165) is 37.4 Å². The highest BCUT2D eigenvalue weighted by Crippen LogP contribution is 2.47. The second-order valence-corrected chi connectivity index (χ2v) is 7.35. The average Bonchev–Trinajstić information content (AvgIpc) is 2.69. The zero-order valence-electron chi connectivity index (χ0n) is 14.6. The first-order valence-corrected chi connectivity index (χ1v) is 9.29. The maximum absolute atomic E-state index is 14.1. The van der Waals surface area contributed by atoms with Gasteiger partial charge in [0.2, 0.25) is 0 Å². The maximum atomic E-state index is 14.1. The van der Waals surface area contributed by atoms with Gasteiger partial charge >= 0.3 is 0 Å². The third-order valence-corrected chi connectivity index (χ3v) is 6.01. The molecule has 2 heterocycles. The smallest absolute Gasteiger partial charge is 0.257 e. The number of aliphatic hydroxyl groups is 1. The molecular formula is C21H23FN2O2. The van der Waals surface area contributed by atoms with Gasteiger partial charge in [-0.25, -0.2) is 4.39 Å². The molecule has 4 nitrogen and oxygen atoms in total. The van der Waals surface area contributed by atoms with Crippen molar-refractivity contribution < 1.29 is 14.3 Å². The average molecular weight is 354 g/mol. The number of piperidine rings is 1. The van der Waals surface area contributed by atoms with E-state index >= 15 is 0 Å². The minimum absolute atomic E-state index is 0.0266. The van der Waals surface area contributed by atoms with Crippen LogP contribution in [-0.4, -0.2) is 33.5 Å². The molecule has 0 bridgehead atoms. The van der Waals surface area contributed by atoms with Crippen molar-refractivity contribution in [1.82, 2.24) is 9.88 Å². The lowest BCUT2D eigenvalue weighted by Crippen LogP contribution is -2.59. The molecule has 0 spiro atoms. The first-order chi connectivity index (χ1) is 12.6. The molecule has 1 amide bonds. The number of rotatable bonds is 2. The first kappa shape index (κ1) is 17.2. The molecule has 1 aliphatic heterocycles. The molecule has 2 aliphatic rings. The van der Waals surface area contributed by atoms with E-state index in [4.69, 9.17) is 0 Å². The van der Waals surface area contributed by atoms with E-state index in [0.29, 0.717) is 13.0 Å². The summed E-state index contributed by atoms with van der Waals surface area (Å²) in [6, 6.07) is 11.1. The number of nitrogens with zero attached hydrogens (tertiary/aromatic N) is 2. The normalized spacial score (nSPS) is 28.5. The summed E-state index contributed by atoms with van der Waals surface area (Å²) in [5.74, 6) is -0.910. The van der Waals surface area contributed by atoms with Crippen LogP contribution in [0.5, 0.6) is 0 Å². The molecule has 1 saturated carbocycles. The van der Waals surface area contributed by atoms with Crippen LogP contribution in [0.4, 0.5) is 4.39 Å². The summed E-state index contributed by atoms with van der Waals surface area (Å²) in [6.45, 7) is 0.424. The van der Waals surface area contributed by atoms with Crippen molar-refractivity contribution >= 4 is 5.91 Å². The summed E-state index contributed by atoms with van der Waals surface area (Å²) < 4.78 is 14.1. The minimum Gasteiger partial charge on any atom is -0.385 e. The number of benzene rings is 1. The van der Waals surface area contributed by atoms with Crippen LogP contribution in [0.15, 0.2) is 48.8 Å². The van der Waals surface area contributed by atoms with Crippen LogP contribution in [0.1, 0.15) is 48.0 Å². The maximum Gasteiger partial charge on any atom is 0.257 e. The van der Waals surface area contributed by atoms with Gasteiger partial charge < -0.3 is 10.0 Å². The Bertz CT molecular complexity index is 798. The zero-order chi connectivity index (χ0) is 18.1. The van der Waals surface area contributed by atoms with Gasteiger partial charge in [-0.15, -0.1) is 0 Å².